The molecule has 0 bridgehead atoms. The monoisotopic (exact) mass is 355 g/mol. The Morgan fingerprint density at radius 3 is 2.42 bits per heavy atom. The molecule has 1 saturated heterocycles. The van der Waals surface area contributed by atoms with E-state index in [0.29, 0.717) is 38.0 Å². The normalized spacial score (nSPS) is 15.1. The highest BCUT2D eigenvalue weighted by Gasteiger charge is 2.30. The van der Waals surface area contributed by atoms with E-state index >= 15 is 0 Å². The van der Waals surface area contributed by atoms with Crippen molar-refractivity contribution in [1.82, 2.24) is 14.7 Å². The number of methoxy groups -OCH3 is 1. The Balaban J connectivity index is 1.73. The number of nitrogens with zero attached hydrogens (tertiary/aromatic N) is 3. The van der Waals surface area contributed by atoms with E-state index < -0.39 is 0 Å². The number of ether oxygens (including phenoxy) is 1. The molecule has 138 valence electrons. The topological polar surface area (TPSA) is 64.4 Å². The number of carbonyl (C=O) groups excluding carboxylic acids is 2. The van der Waals surface area contributed by atoms with Gasteiger partial charge in [-0.3, -0.25) is 14.3 Å². The number of piperidine rings is 1. The molecule has 2 aromatic rings. The van der Waals surface area contributed by atoms with Gasteiger partial charge in [-0.1, -0.05) is 30.3 Å². The number of esters is 1. The fraction of sp³-hybridized carbons (Fsp3) is 0.450. The first kappa shape index (κ1) is 18.2. The molecule has 0 radical (unpaired) electrons. The van der Waals surface area contributed by atoms with Crippen LogP contribution in [0.1, 0.15) is 40.2 Å². The maximum atomic E-state index is 13.0. The van der Waals surface area contributed by atoms with Crippen molar-refractivity contribution < 1.29 is 14.3 Å². The molecule has 3 rings (SSSR count). The summed E-state index contributed by atoms with van der Waals surface area (Å²) in [5.41, 5.74) is 3.46. The second-order valence-corrected chi connectivity index (χ2v) is 6.78. The van der Waals surface area contributed by atoms with Crippen molar-refractivity contribution in [2.45, 2.75) is 33.2 Å². The summed E-state index contributed by atoms with van der Waals surface area (Å²) in [7, 11) is 1.41. The van der Waals surface area contributed by atoms with Crippen LogP contribution in [0.2, 0.25) is 0 Å². The molecule has 1 aliphatic heterocycles. The second-order valence-electron chi connectivity index (χ2n) is 6.78. The van der Waals surface area contributed by atoms with Gasteiger partial charge in [0.2, 0.25) is 0 Å². The Hall–Kier alpha value is -2.63. The molecule has 0 aliphatic carbocycles. The number of likely N-dealkylation sites (tertiary alicyclic amines) is 1. The predicted molar refractivity (Wildman–Crippen MR) is 97.9 cm³/mol. The molecule has 1 fully saturated rings. The zero-order valence-electron chi connectivity index (χ0n) is 15.6. The van der Waals surface area contributed by atoms with Crippen LogP contribution in [-0.2, 0) is 16.1 Å². The number of amides is 1. The molecule has 0 N–H and O–H groups in total. The van der Waals surface area contributed by atoms with Gasteiger partial charge < -0.3 is 9.64 Å². The number of aromatic nitrogens is 2. The van der Waals surface area contributed by atoms with Crippen LogP contribution >= 0.6 is 0 Å². The molecule has 0 spiro atoms. The van der Waals surface area contributed by atoms with E-state index in [4.69, 9.17) is 4.74 Å². The first-order valence-electron chi connectivity index (χ1n) is 8.96. The van der Waals surface area contributed by atoms with E-state index in [1.54, 1.807) is 0 Å². The first-order valence-corrected chi connectivity index (χ1v) is 8.96. The van der Waals surface area contributed by atoms with Crippen molar-refractivity contribution >= 4 is 11.9 Å². The molecule has 0 saturated carbocycles. The molecule has 26 heavy (non-hydrogen) atoms. The van der Waals surface area contributed by atoms with Crippen LogP contribution in [-0.4, -0.2) is 46.8 Å². The lowest BCUT2D eigenvalue weighted by Crippen LogP contribution is -2.40. The average Bonchev–Trinajstić information content (AvgIpc) is 2.94. The quantitative estimate of drug-likeness (QED) is 0.791. The van der Waals surface area contributed by atoms with Gasteiger partial charge in [-0.25, -0.2) is 0 Å². The van der Waals surface area contributed by atoms with Gasteiger partial charge in [0.15, 0.2) is 0 Å². The molecule has 2 heterocycles. The number of rotatable bonds is 4. The third-order valence-corrected chi connectivity index (χ3v) is 5.09. The summed E-state index contributed by atoms with van der Waals surface area (Å²) in [5.74, 6) is -0.283. The average molecular weight is 355 g/mol. The van der Waals surface area contributed by atoms with E-state index in [0.717, 1.165) is 17.0 Å². The van der Waals surface area contributed by atoms with Crippen LogP contribution in [0, 0.1) is 19.8 Å². The Morgan fingerprint density at radius 2 is 1.81 bits per heavy atom. The van der Waals surface area contributed by atoms with Crippen molar-refractivity contribution in [3.63, 3.8) is 0 Å². The fourth-order valence-electron chi connectivity index (χ4n) is 3.56. The van der Waals surface area contributed by atoms with E-state index in [1.807, 2.05) is 41.6 Å². The minimum absolute atomic E-state index is 0.00243. The highest BCUT2D eigenvalue weighted by atomic mass is 16.5. The largest absolute Gasteiger partial charge is 0.469 e. The Bertz CT molecular complexity index is 790. The van der Waals surface area contributed by atoms with Gasteiger partial charge in [-0.15, -0.1) is 0 Å². The minimum Gasteiger partial charge on any atom is -0.469 e. The van der Waals surface area contributed by atoms with E-state index in [1.165, 1.54) is 7.11 Å². The van der Waals surface area contributed by atoms with Crippen LogP contribution in [0.25, 0.3) is 0 Å². The third kappa shape index (κ3) is 3.64. The van der Waals surface area contributed by atoms with Crippen molar-refractivity contribution in [3.05, 3.63) is 52.8 Å². The maximum Gasteiger partial charge on any atom is 0.308 e. The summed E-state index contributed by atoms with van der Waals surface area (Å²) in [5, 5.41) is 4.57. The van der Waals surface area contributed by atoms with Gasteiger partial charge in [0, 0.05) is 18.8 Å². The molecule has 0 unspecified atom stereocenters. The Kier molecular flexibility index (Phi) is 5.40. The Labute approximate surface area is 153 Å². The first-order chi connectivity index (χ1) is 12.5. The lowest BCUT2D eigenvalue weighted by molar-refractivity contribution is -0.146. The summed E-state index contributed by atoms with van der Waals surface area (Å²) in [6.07, 6.45) is 1.29. The zero-order chi connectivity index (χ0) is 18.7. The van der Waals surface area contributed by atoms with Crippen LogP contribution in [0.4, 0.5) is 0 Å². The van der Waals surface area contributed by atoms with Gasteiger partial charge in [-0.2, -0.15) is 5.10 Å². The molecule has 1 aromatic heterocycles. The summed E-state index contributed by atoms with van der Waals surface area (Å²) in [6.45, 7) is 5.61. The van der Waals surface area contributed by atoms with E-state index in [2.05, 4.69) is 17.2 Å². The molecule has 1 aliphatic rings. The minimum atomic E-state index is -0.180. The van der Waals surface area contributed by atoms with Crippen molar-refractivity contribution in [2.24, 2.45) is 5.92 Å². The highest BCUT2D eigenvalue weighted by Crippen LogP contribution is 2.23. The standard InChI is InChI=1S/C20H25N3O3/c1-14-18(15(2)23(21-14)13-16-7-5-4-6-8-16)19(24)22-11-9-17(10-12-22)20(25)26-3/h4-8,17H,9-13H2,1-3H3. The van der Waals surface area contributed by atoms with Gasteiger partial charge in [0.1, 0.15) is 0 Å². The second kappa shape index (κ2) is 7.72. The number of hydrogen-bond donors (Lipinski definition) is 0. The fourth-order valence-corrected chi connectivity index (χ4v) is 3.56. The van der Waals surface area contributed by atoms with Crippen LogP contribution < -0.4 is 0 Å². The molecule has 1 aromatic carbocycles. The summed E-state index contributed by atoms with van der Waals surface area (Å²) in [4.78, 5) is 26.5. The van der Waals surface area contributed by atoms with Crippen molar-refractivity contribution in [1.29, 1.82) is 0 Å². The molecular formula is C20H25N3O3. The highest BCUT2D eigenvalue weighted by molar-refractivity contribution is 5.96. The van der Waals surface area contributed by atoms with Gasteiger partial charge in [-0.05, 0) is 32.3 Å². The van der Waals surface area contributed by atoms with Crippen LogP contribution in [0.3, 0.4) is 0 Å². The molecule has 0 atom stereocenters. The van der Waals surface area contributed by atoms with Gasteiger partial charge in [0.05, 0.1) is 30.8 Å². The van der Waals surface area contributed by atoms with Gasteiger partial charge in [0.25, 0.3) is 5.91 Å². The van der Waals surface area contributed by atoms with Crippen LogP contribution in [0.15, 0.2) is 30.3 Å². The molecular weight excluding hydrogens is 330 g/mol. The molecule has 6 nitrogen and oxygen atoms in total. The van der Waals surface area contributed by atoms with Crippen molar-refractivity contribution in [2.75, 3.05) is 20.2 Å². The van der Waals surface area contributed by atoms with Gasteiger partial charge >= 0.3 is 5.97 Å². The van der Waals surface area contributed by atoms with E-state index in [-0.39, 0.29) is 17.8 Å². The summed E-state index contributed by atoms with van der Waals surface area (Å²) in [6, 6.07) is 10.1. The summed E-state index contributed by atoms with van der Waals surface area (Å²) >= 11 is 0. The zero-order valence-corrected chi connectivity index (χ0v) is 15.6. The summed E-state index contributed by atoms with van der Waals surface area (Å²) < 4.78 is 6.70. The lowest BCUT2D eigenvalue weighted by Gasteiger charge is -2.30. The maximum absolute atomic E-state index is 13.0. The molecule has 6 heteroatoms. The van der Waals surface area contributed by atoms with Crippen LogP contribution in [0.5, 0.6) is 0 Å². The van der Waals surface area contributed by atoms with Crippen molar-refractivity contribution in [3.8, 4) is 0 Å². The third-order valence-electron chi connectivity index (χ3n) is 5.09. The SMILES string of the molecule is COC(=O)C1CCN(C(=O)c2c(C)nn(Cc3ccccc3)c2C)CC1. The Morgan fingerprint density at radius 1 is 1.15 bits per heavy atom. The predicted octanol–water partition coefficient (Wildman–Crippen LogP) is 2.57. The number of carbonyl (C=O) groups is 2. The number of benzene rings is 1. The molecule has 1 amide bonds. The smallest absolute Gasteiger partial charge is 0.308 e. The van der Waals surface area contributed by atoms with E-state index in [9.17, 15) is 9.59 Å². The lowest BCUT2D eigenvalue weighted by atomic mass is 9.96. The number of aryl methyl sites for hydroxylation is 1. The number of hydrogen-bond acceptors (Lipinski definition) is 4.